The summed E-state index contributed by atoms with van der Waals surface area (Å²) in [5.74, 6) is -1.25. The summed E-state index contributed by atoms with van der Waals surface area (Å²) in [4.78, 5) is 16.2. The second-order valence-electron chi connectivity index (χ2n) is 6.24. The van der Waals surface area contributed by atoms with Crippen molar-refractivity contribution in [1.29, 1.82) is 0 Å². The van der Waals surface area contributed by atoms with Crippen molar-refractivity contribution >= 4 is 23.2 Å². The van der Waals surface area contributed by atoms with Crippen molar-refractivity contribution in [2.45, 2.75) is 13.5 Å². The number of nitrogens with one attached hydrogen (secondary N) is 1. The average molecular weight is 422 g/mol. The zero-order chi connectivity index (χ0) is 21.1. The molecule has 3 aromatic rings. The lowest BCUT2D eigenvalue weighted by atomic mass is 10.2. The van der Waals surface area contributed by atoms with Crippen molar-refractivity contribution in [3.63, 3.8) is 0 Å². The van der Waals surface area contributed by atoms with Gasteiger partial charge in [0.15, 0.2) is 11.6 Å². The molecule has 0 radical (unpaired) electrons. The van der Waals surface area contributed by atoms with E-state index in [2.05, 4.69) is 10.3 Å². The van der Waals surface area contributed by atoms with Crippen LogP contribution in [0.25, 0.3) is 0 Å². The Balaban J connectivity index is 2.05. The molecular formula is C20H18ClF2N3O3. The maximum Gasteiger partial charge on any atom is 0.316 e. The largest absolute Gasteiger partial charge is 0.495 e. The van der Waals surface area contributed by atoms with E-state index in [0.717, 1.165) is 17.7 Å². The first-order chi connectivity index (χ1) is 13.8. The topological polar surface area (TPSA) is 65.4 Å². The molecular weight excluding hydrogens is 404 g/mol. The van der Waals surface area contributed by atoms with Gasteiger partial charge in [0.2, 0.25) is 11.7 Å². The smallest absolute Gasteiger partial charge is 0.316 e. The van der Waals surface area contributed by atoms with Gasteiger partial charge >= 0.3 is 5.56 Å². The Labute approximate surface area is 170 Å². The molecule has 1 aromatic heterocycles. The van der Waals surface area contributed by atoms with Crippen LogP contribution < -0.4 is 20.3 Å². The summed E-state index contributed by atoms with van der Waals surface area (Å²) >= 11 is 6.13. The predicted molar refractivity (Wildman–Crippen MR) is 107 cm³/mol. The Bertz CT molecular complexity index is 1120. The van der Waals surface area contributed by atoms with Gasteiger partial charge in [-0.3, -0.25) is 4.79 Å². The van der Waals surface area contributed by atoms with Gasteiger partial charge in [-0.2, -0.15) is 4.98 Å². The first-order valence-electron chi connectivity index (χ1n) is 8.53. The maximum absolute atomic E-state index is 13.6. The van der Waals surface area contributed by atoms with E-state index < -0.39 is 17.2 Å². The fourth-order valence-corrected chi connectivity index (χ4v) is 3.03. The molecule has 0 aliphatic heterocycles. The number of aryl methyl sites for hydroxylation is 1. The van der Waals surface area contributed by atoms with Crippen LogP contribution in [-0.2, 0) is 6.54 Å². The lowest BCUT2D eigenvalue weighted by molar-refractivity contribution is 0.402. The Morgan fingerprint density at radius 3 is 2.48 bits per heavy atom. The normalized spacial score (nSPS) is 10.7. The Hall–Kier alpha value is -3.13. The molecule has 1 N–H and O–H groups in total. The first kappa shape index (κ1) is 20.6. The molecule has 0 atom stereocenters. The van der Waals surface area contributed by atoms with Crippen LogP contribution in [0, 0.1) is 18.6 Å². The van der Waals surface area contributed by atoms with E-state index in [-0.39, 0.29) is 18.2 Å². The molecule has 0 bridgehead atoms. The molecule has 1 heterocycles. The molecule has 0 aliphatic carbocycles. The highest BCUT2D eigenvalue weighted by Crippen LogP contribution is 2.32. The number of benzene rings is 2. The average Bonchev–Trinajstić information content (AvgIpc) is 2.68. The molecule has 0 unspecified atom stereocenters. The molecule has 29 heavy (non-hydrogen) atoms. The minimum atomic E-state index is -0.962. The van der Waals surface area contributed by atoms with Crippen LogP contribution in [0.15, 0.2) is 41.3 Å². The zero-order valence-corrected chi connectivity index (χ0v) is 16.7. The van der Waals surface area contributed by atoms with E-state index in [1.54, 1.807) is 16.7 Å². The number of methoxy groups -OCH3 is 2. The summed E-state index contributed by atoms with van der Waals surface area (Å²) in [6.45, 7) is 1.95. The van der Waals surface area contributed by atoms with E-state index in [4.69, 9.17) is 21.1 Å². The van der Waals surface area contributed by atoms with Crippen molar-refractivity contribution < 1.29 is 18.3 Å². The van der Waals surface area contributed by atoms with Gasteiger partial charge in [-0.1, -0.05) is 17.7 Å². The Morgan fingerprint density at radius 1 is 1.10 bits per heavy atom. The van der Waals surface area contributed by atoms with Crippen LogP contribution >= 0.6 is 11.6 Å². The van der Waals surface area contributed by atoms with Gasteiger partial charge in [0.05, 0.1) is 32.0 Å². The second kappa shape index (κ2) is 8.48. The highest BCUT2D eigenvalue weighted by molar-refractivity contribution is 6.32. The van der Waals surface area contributed by atoms with Gasteiger partial charge in [0.25, 0.3) is 0 Å². The minimum Gasteiger partial charge on any atom is -0.495 e. The third kappa shape index (κ3) is 4.48. The van der Waals surface area contributed by atoms with Crippen LogP contribution in [0.3, 0.4) is 0 Å². The van der Waals surface area contributed by atoms with Crippen molar-refractivity contribution in [2.24, 2.45) is 0 Å². The first-order valence-corrected chi connectivity index (χ1v) is 8.90. The van der Waals surface area contributed by atoms with Gasteiger partial charge in [-0.25, -0.2) is 8.78 Å². The van der Waals surface area contributed by atoms with Crippen LogP contribution in [0.2, 0.25) is 5.02 Å². The Kier molecular flexibility index (Phi) is 6.03. The predicted octanol–water partition coefficient (Wildman–Crippen LogP) is 4.29. The van der Waals surface area contributed by atoms with Crippen molar-refractivity contribution in [1.82, 2.24) is 9.55 Å². The van der Waals surface area contributed by atoms with Crippen LogP contribution in [0.5, 0.6) is 11.5 Å². The number of nitrogens with zero attached hydrogens (tertiary/aromatic N) is 2. The lowest BCUT2D eigenvalue weighted by Crippen LogP contribution is -2.19. The van der Waals surface area contributed by atoms with Crippen molar-refractivity contribution in [2.75, 3.05) is 19.5 Å². The van der Waals surface area contributed by atoms with E-state index in [1.807, 2.05) is 6.92 Å². The maximum atomic E-state index is 13.6. The fourth-order valence-electron chi connectivity index (χ4n) is 2.73. The molecule has 6 nitrogen and oxygen atoms in total. The second-order valence-corrected chi connectivity index (χ2v) is 6.65. The van der Waals surface area contributed by atoms with E-state index in [0.29, 0.717) is 22.0 Å². The minimum absolute atomic E-state index is 0.0172. The molecule has 0 spiro atoms. The number of ether oxygens (including phenoxy) is 2. The lowest BCUT2D eigenvalue weighted by Gasteiger charge is -2.17. The molecule has 3 rings (SSSR count). The highest BCUT2D eigenvalue weighted by Gasteiger charge is 2.13. The monoisotopic (exact) mass is 421 g/mol. The summed E-state index contributed by atoms with van der Waals surface area (Å²) in [7, 11) is 2.84. The Morgan fingerprint density at radius 2 is 1.83 bits per heavy atom. The van der Waals surface area contributed by atoms with E-state index in [9.17, 15) is 13.6 Å². The quantitative estimate of drug-likeness (QED) is 0.643. The number of halogens is 3. The summed E-state index contributed by atoms with van der Waals surface area (Å²) in [5, 5.41) is 3.51. The molecule has 0 fully saturated rings. The summed E-state index contributed by atoms with van der Waals surface area (Å²) in [5.41, 5.74) is 1.31. The van der Waals surface area contributed by atoms with Crippen molar-refractivity contribution in [3.8, 4) is 11.5 Å². The molecule has 0 amide bonds. The number of hydrogen-bond donors (Lipinski definition) is 1. The van der Waals surface area contributed by atoms with Crippen molar-refractivity contribution in [3.05, 3.63) is 74.7 Å². The third-order valence-electron chi connectivity index (χ3n) is 4.27. The summed E-state index contributed by atoms with van der Waals surface area (Å²) in [6.07, 6.45) is 1.45. The van der Waals surface area contributed by atoms with Gasteiger partial charge in [0.1, 0.15) is 5.75 Å². The van der Waals surface area contributed by atoms with E-state index in [1.165, 1.54) is 26.5 Å². The molecule has 0 saturated heterocycles. The molecule has 152 valence electrons. The molecule has 2 aromatic carbocycles. The van der Waals surface area contributed by atoms with Crippen LogP contribution in [0.1, 0.15) is 11.1 Å². The molecule has 0 saturated carbocycles. The van der Waals surface area contributed by atoms with Gasteiger partial charge in [-0.15, -0.1) is 0 Å². The van der Waals surface area contributed by atoms with Gasteiger partial charge in [0, 0.05) is 11.8 Å². The third-order valence-corrected chi connectivity index (χ3v) is 4.56. The summed E-state index contributed by atoms with van der Waals surface area (Å²) < 4.78 is 38.7. The standard InChI is InChI=1S/C20H18ClF2N3O3/c1-11-6-13(21)17(28-2)8-16(11)24-20-25-19(27)18(29-3)10-26(20)9-12-4-5-14(22)15(23)7-12/h4-8,10H,9H2,1-3H3,(H,24,25,27). The molecule has 0 aliphatic rings. The zero-order valence-electron chi connectivity index (χ0n) is 15.9. The number of rotatable bonds is 6. The van der Waals surface area contributed by atoms with Crippen LogP contribution in [-0.4, -0.2) is 23.8 Å². The molecule has 9 heteroatoms. The van der Waals surface area contributed by atoms with Gasteiger partial charge < -0.3 is 19.4 Å². The fraction of sp³-hybridized carbons (Fsp3) is 0.200. The van der Waals surface area contributed by atoms with Gasteiger partial charge in [-0.05, 0) is 36.2 Å². The number of anilines is 2. The van der Waals surface area contributed by atoms with Crippen LogP contribution in [0.4, 0.5) is 20.4 Å². The SMILES string of the molecule is COc1cc(Nc2nc(=O)c(OC)cn2Cc2ccc(F)c(F)c2)c(C)cc1Cl. The van der Waals surface area contributed by atoms with E-state index >= 15 is 0 Å². The highest BCUT2D eigenvalue weighted by atomic mass is 35.5. The summed E-state index contributed by atoms with van der Waals surface area (Å²) in [6, 6.07) is 6.96. The number of aromatic nitrogens is 2. The number of hydrogen-bond acceptors (Lipinski definition) is 5.